The minimum absolute atomic E-state index is 0.106. The summed E-state index contributed by atoms with van der Waals surface area (Å²) in [6.07, 6.45) is 9.61. The Balaban J connectivity index is 0.958. The monoisotopic (exact) mass is 598 g/mol. The number of imidazole rings is 2. The maximum Gasteiger partial charge on any atom is 0.410 e. The normalized spacial score (nSPS) is 19.4. The molecule has 45 heavy (non-hydrogen) atoms. The van der Waals surface area contributed by atoms with E-state index < -0.39 is 0 Å². The number of nitrogens with one attached hydrogen (secondary N) is 2. The Morgan fingerprint density at radius 2 is 1.38 bits per heavy atom. The lowest BCUT2D eigenvalue weighted by Gasteiger charge is -2.22. The van der Waals surface area contributed by atoms with Crippen molar-refractivity contribution >= 4 is 6.09 Å². The van der Waals surface area contributed by atoms with Crippen LogP contribution in [-0.4, -0.2) is 56.0 Å². The molecule has 0 unspecified atom stereocenters. The highest BCUT2D eigenvalue weighted by Crippen LogP contribution is 2.36. The lowest BCUT2D eigenvalue weighted by molar-refractivity contribution is 0.0910. The molecular weight excluding hydrogens is 560 g/mol. The SMILES string of the molecule is CN1CCC[C@H]1c1ncc(-c2ccc3c(c2)Cc2ccc(-c4cnc([C@@H]5CCCN5C(=O)OCc5ccccc5)[nH]4)cc2C3)[nH]1. The number of hydrogen-bond acceptors (Lipinski definition) is 5. The number of carbonyl (C=O) groups is 1. The van der Waals surface area contributed by atoms with Crippen molar-refractivity contribution < 1.29 is 9.53 Å². The maximum absolute atomic E-state index is 13.0. The van der Waals surface area contributed by atoms with Crippen molar-refractivity contribution in [2.24, 2.45) is 0 Å². The first-order valence-corrected chi connectivity index (χ1v) is 16.1. The van der Waals surface area contributed by atoms with E-state index in [1.165, 1.54) is 34.2 Å². The molecule has 5 aromatic rings. The largest absolute Gasteiger partial charge is 0.445 e. The first-order chi connectivity index (χ1) is 22.1. The number of nitrogens with zero attached hydrogens (tertiary/aromatic N) is 4. The molecule has 0 spiro atoms. The molecule has 2 N–H and O–H groups in total. The van der Waals surface area contributed by atoms with Crippen molar-refractivity contribution in [2.45, 2.75) is 57.2 Å². The van der Waals surface area contributed by atoms with E-state index in [-0.39, 0.29) is 18.7 Å². The summed E-state index contributed by atoms with van der Waals surface area (Å²) >= 11 is 0. The standard InChI is InChI=1S/C37H38N6O2/c1-42-15-5-9-33(42)35-38-21-31(40-35)27-13-11-25-18-30-20-28(14-12-26(30)17-29(25)19-27)32-22-39-36(41-32)34-10-6-16-43(34)37(44)45-23-24-7-3-2-4-8-24/h2-4,7-8,11-14,19-22,33-34H,5-6,9-10,15-18,23H2,1H3,(H,38,40)(H,39,41)/t33-,34-/m0/s1. The van der Waals surface area contributed by atoms with E-state index in [1.807, 2.05) is 42.7 Å². The summed E-state index contributed by atoms with van der Waals surface area (Å²) in [5.41, 5.74) is 10.8. The van der Waals surface area contributed by atoms with Crippen molar-refractivity contribution in [3.8, 4) is 22.5 Å². The summed E-state index contributed by atoms with van der Waals surface area (Å²) in [4.78, 5) is 33.8. The van der Waals surface area contributed by atoms with E-state index in [9.17, 15) is 4.79 Å². The summed E-state index contributed by atoms with van der Waals surface area (Å²) in [7, 11) is 2.18. The van der Waals surface area contributed by atoms with Crippen molar-refractivity contribution in [1.29, 1.82) is 0 Å². The summed E-state index contributed by atoms with van der Waals surface area (Å²) in [6.45, 7) is 2.08. The average Bonchev–Trinajstić information content (AvgIpc) is 3.89. The zero-order chi connectivity index (χ0) is 30.3. The number of H-pyrrole nitrogens is 2. The van der Waals surface area contributed by atoms with Crippen LogP contribution in [0.5, 0.6) is 0 Å². The third-order valence-electron chi connectivity index (χ3n) is 9.83. The van der Waals surface area contributed by atoms with E-state index in [4.69, 9.17) is 14.7 Å². The fourth-order valence-electron chi connectivity index (χ4n) is 7.30. The number of ether oxygens (including phenoxy) is 1. The second-order valence-corrected chi connectivity index (χ2v) is 12.7. The van der Waals surface area contributed by atoms with Crippen LogP contribution in [0.15, 0.2) is 79.1 Å². The first kappa shape index (κ1) is 27.8. The van der Waals surface area contributed by atoms with Crippen LogP contribution >= 0.6 is 0 Å². The highest BCUT2D eigenvalue weighted by molar-refractivity contribution is 5.69. The lowest BCUT2D eigenvalue weighted by Crippen LogP contribution is -2.31. The van der Waals surface area contributed by atoms with Gasteiger partial charge in [0.15, 0.2) is 0 Å². The molecule has 1 amide bonds. The van der Waals surface area contributed by atoms with Gasteiger partial charge in [-0.2, -0.15) is 0 Å². The second kappa shape index (κ2) is 11.7. The van der Waals surface area contributed by atoms with Crippen LogP contribution in [0.3, 0.4) is 0 Å². The average molecular weight is 599 g/mol. The molecule has 2 fully saturated rings. The van der Waals surface area contributed by atoms with Crippen LogP contribution in [0.4, 0.5) is 4.79 Å². The van der Waals surface area contributed by atoms with Crippen molar-refractivity contribution in [3.05, 3.63) is 119 Å². The number of benzene rings is 3. The van der Waals surface area contributed by atoms with Gasteiger partial charge in [0.2, 0.25) is 0 Å². The highest BCUT2D eigenvalue weighted by Gasteiger charge is 2.33. The molecule has 2 saturated heterocycles. The Labute approximate surface area is 263 Å². The molecular formula is C37H38N6O2. The van der Waals surface area contributed by atoms with Crippen LogP contribution in [-0.2, 0) is 24.2 Å². The molecule has 0 bridgehead atoms. The van der Waals surface area contributed by atoms with Gasteiger partial charge in [-0.1, -0.05) is 54.6 Å². The summed E-state index contributed by atoms with van der Waals surface area (Å²) in [6, 6.07) is 23.7. The molecule has 8 rings (SSSR count). The Hall–Kier alpha value is -4.69. The fourth-order valence-corrected chi connectivity index (χ4v) is 7.30. The molecule has 4 heterocycles. The molecule has 2 atom stereocenters. The van der Waals surface area contributed by atoms with Crippen LogP contribution in [0.2, 0.25) is 0 Å². The van der Waals surface area contributed by atoms with Gasteiger partial charge in [0, 0.05) is 6.54 Å². The summed E-state index contributed by atoms with van der Waals surface area (Å²) < 4.78 is 5.64. The Morgan fingerprint density at radius 3 is 2.00 bits per heavy atom. The van der Waals surface area contributed by atoms with Crippen LogP contribution in [0.1, 0.15) is 77.2 Å². The number of rotatable bonds is 6. The van der Waals surface area contributed by atoms with Gasteiger partial charge >= 0.3 is 6.09 Å². The zero-order valence-electron chi connectivity index (χ0n) is 25.6. The van der Waals surface area contributed by atoms with Gasteiger partial charge in [-0.05, 0) is 103 Å². The van der Waals surface area contributed by atoms with Gasteiger partial charge in [-0.3, -0.25) is 9.80 Å². The van der Waals surface area contributed by atoms with Crippen LogP contribution in [0, 0.1) is 0 Å². The van der Waals surface area contributed by atoms with Gasteiger partial charge in [-0.25, -0.2) is 14.8 Å². The van der Waals surface area contributed by atoms with Gasteiger partial charge < -0.3 is 14.7 Å². The van der Waals surface area contributed by atoms with E-state index >= 15 is 0 Å². The summed E-state index contributed by atoms with van der Waals surface area (Å²) in [5, 5.41) is 0. The minimum atomic E-state index is -0.288. The molecule has 1 aliphatic carbocycles. The van der Waals surface area contributed by atoms with E-state index in [0.29, 0.717) is 12.6 Å². The van der Waals surface area contributed by atoms with Crippen molar-refractivity contribution in [2.75, 3.05) is 20.1 Å². The number of fused-ring (bicyclic) bond motifs is 2. The number of likely N-dealkylation sites (tertiary alicyclic amines) is 2. The third-order valence-corrected chi connectivity index (χ3v) is 9.83. The maximum atomic E-state index is 13.0. The topological polar surface area (TPSA) is 90.1 Å². The Kier molecular flexibility index (Phi) is 7.22. The molecule has 8 nitrogen and oxygen atoms in total. The van der Waals surface area contributed by atoms with E-state index in [1.54, 1.807) is 4.90 Å². The van der Waals surface area contributed by atoms with E-state index in [0.717, 1.165) is 72.8 Å². The van der Waals surface area contributed by atoms with Crippen LogP contribution < -0.4 is 0 Å². The zero-order valence-corrected chi connectivity index (χ0v) is 25.6. The second-order valence-electron chi connectivity index (χ2n) is 12.7. The van der Waals surface area contributed by atoms with Crippen molar-refractivity contribution in [1.82, 2.24) is 29.7 Å². The Bertz CT molecular complexity index is 1840. The molecule has 0 saturated carbocycles. The smallest absolute Gasteiger partial charge is 0.410 e. The van der Waals surface area contributed by atoms with Gasteiger partial charge in [0.25, 0.3) is 0 Å². The van der Waals surface area contributed by atoms with Gasteiger partial charge in [0.05, 0.1) is 35.9 Å². The quantitative estimate of drug-likeness (QED) is 0.212. The van der Waals surface area contributed by atoms with E-state index in [2.05, 4.69) is 58.3 Å². The predicted octanol–water partition coefficient (Wildman–Crippen LogP) is 7.20. The molecule has 3 aromatic carbocycles. The molecule has 2 aliphatic heterocycles. The number of carbonyl (C=O) groups excluding carboxylic acids is 1. The predicted molar refractivity (Wildman–Crippen MR) is 174 cm³/mol. The number of aromatic amines is 2. The fraction of sp³-hybridized carbons (Fsp3) is 0.324. The molecule has 228 valence electrons. The molecule has 3 aliphatic rings. The number of hydrogen-bond donors (Lipinski definition) is 2. The van der Waals surface area contributed by atoms with Crippen LogP contribution in [0.25, 0.3) is 22.5 Å². The Morgan fingerprint density at radius 1 is 0.778 bits per heavy atom. The minimum Gasteiger partial charge on any atom is -0.445 e. The highest BCUT2D eigenvalue weighted by atomic mass is 16.6. The van der Waals surface area contributed by atoms with Gasteiger partial charge in [-0.15, -0.1) is 0 Å². The molecule has 0 radical (unpaired) electrons. The van der Waals surface area contributed by atoms with Crippen molar-refractivity contribution in [3.63, 3.8) is 0 Å². The number of amides is 1. The van der Waals surface area contributed by atoms with Gasteiger partial charge in [0.1, 0.15) is 18.3 Å². The third kappa shape index (κ3) is 5.44. The number of aromatic nitrogens is 4. The summed E-state index contributed by atoms with van der Waals surface area (Å²) in [5.74, 6) is 1.89. The molecule has 2 aromatic heterocycles. The first-order valence-electron chi connectivity index (χ1n) is 16.1. The molecule has 8 heteroatoms. The lowest BCUT2D eigenvalue weighted by atomic mass is 9.84.